The van der Waals surface area contributed by atoms with Crippen molar-refractivity contribution in [1.29, 1.82) is 5.26 Å². The molecule has 0 spiro atoms. The summed E-state index contributed by atoms with van der Waals surface area (Å²) in [5.41, 5.74) is 5.27. The number of para-hydroxylation sites is 2. The lowest BCUT2D eigenvalue weighted by Gasteiger charge is -2.28. The van der Waals surface area contributed by atoms with E-state index in [0.717, 1.165) is 51.5 Å². The fraction of sp³-hybridized carbons (Fsp3) is 0.476. The number of nitrogens with zero attached hydrogens (tertiary/aromatic N) is 4. The lowest BCUT2D eigenvalue weighted by atomic mass is 9.87. The molecule has 1 unspecified atom stereocenters. The number of rotatable bonds is 15. The second-order valence-electron chi connectivity index (χ2n) is 16.0. The molecule has 1 aliphatic heterocycles. The number of ether oxygens (including phenoxy) is 5. The molecule has 4 aromatic rings. The number of benzene rings is 2. The molecule has 2 fully saturated rings. The molecule has 320 valence electrons. The molecule has 0 bridgehead atoms. The van der Waals surface area contributed by atoms with Gasteiger partial charge in [-0.15, -0.1) is 0 Å². The normalized spacial score (nSPS) is 22.2. The molecule has 1 saturated carbocycles. The maximum absolute atomic E-state index is 15.0. The highest BCUT2D eigenvalue weighted by Gasteiger charge is 2.62. The Kier molecular flexibility index (Phi) is 13.5. The SMILES string of the molecule is CC(=O)O[C@H]1[C@@H](OC(C)=O)[C@](C#N)(c2ccc3c(N)ncnn23)O[C@@H]1COP(=O)(N[C@@H](C)C(=O)OCC1CCCCC1)Oc1ccccc1Oc1ccc(C(C)(C)C)cc1. The van der Waals surface area contributed by atoms with E-state index in [-0.39, 0.29) is 41.0 Å². The van der Waals surface area contributed by atoms with Gasteiger partial charge in [0.05, 0.1) is 18.9 Å². The highest BCUT2D eigenvalue weighted by Crippen LogP contribution is 2.50. The Balaban J connectivity index is 1.32. The Morgan fingerprint density at radius 3 is 2.33 bits per heavy atom. The third-order valence-electron chi connectivity index (χ3n) is 10.3. The van der Waals surface area contributed by atoms with Gasteiger partial charge in [-0.2, -0.15) is 15.4 Å². The number of hydrogen-bond acceptors (Lipinski definition) is 15. The first-order valence-corrected chi connectivity index (χ1v) is 21.3. The summed E-state index contributed by atoms with van der Waals surface area (Å²) in [6, 6.07) is 17.9. The van der Waals surface area contributed by atoms with Crippen LogP contribution in [-0.4, -0.2) is 70.1 Å². The lowest BCUT2D eigenvalue weighted by molar-refractivity contribution is -0.166. The minimum absolute atomic E-state index is 0.0130. The van der Waals surface area contributed by atoms with E-state index in [9.17, 15) is 19.6 Å². The molecule has 6 rings (SSSR count). The minimum atomic E-state index is -4.67. The molecule has 1 saturated heterocycles. The van der Waals surface area contributed by atoms with E-state index in [0.29, 0.717) is 11.3 Å². The van der Waals surface area contributed by atoms with Gasteiger partial charge >= 0.3 is 25.7 Å². The Labute approximate surface area is 348 Å². The first-order chi connectivity index (χ1) is 28.5. The van der Waals surface area contributed by atoms with Gasteiger partial charge in [0.15, 0.2) is 29.5 Å². The maximum atomic E-state index is 15.0. The lowest BCUT2D eigenvalue weighted by Crippen LogP contribution is -2.45. The summed E-state index contributed by atoms with van der Waals surface area (Å²) >= 11 is 0. The first-order valence-electron chi connectivity index (χ1n) is 19.8. The number of nitrogens with two attached hydrogens (primary N) is 1. The fourth-order valence-corrected chi connectivity index (χ4v) is 8.81. The number of carbonyl (C=O) groups is 3. The van der Waals surface area contributed by atoms with Crippen LogP contribution in [0, 0.1) is 17.2 Å². The van der Waals surface area contributed by atoms with Crippen LogP contribution in [0.1, 0.15) is 84.9 Å². The molecule has 2 aromatic carbocycles. The number of carbonyl (C=O) groups excluding carboxylic acids is 3. The standard InChI is InChI=1S/C42H51N6O11P/c1-26(40(51)53-22-29-12-8-7-9-13-29)47-60(52,59-34-15-11-10-14-33(34)57-31-18-16-30(17-19-31)41(4,5)6)54-23-35-37(55-27(2)49)38(56-28(3)50)42(24-43,58-35)36-21-20-32-39(44)45-25-46-48(32)36/h10-11,14-21,25-26,29,35,37-38H,7-9,12-13,22-23H2,1-6H3,(H,47,52)(H2,44,45,46)/t26-,35+,37+,38+,42-,60?/m0/s1. The van der Waals surface area contributed by atoms with Crippen LogP contribution >= 0.6 is 7.75 Å². The van der Waals surface area contributed by atoms with Gasteiger partial charge in [-0.25, -0.2) is 14.1 Å². The highest BCUT2D eigenvalue weighted by atomic mass is 31.2. The van der Waals surface area contributed by atoms with Crippen molar-refractivity contribution in [3.8, 4) is 23.3 Å². The van der Waals surface area contributed by atoms with Crippen molar-refractivity contribution in [2.75, 3.05) is 18.9 Å². The Bertz CT molecular complexity index is 2270. The number of anilines is 1. The molecule has 3 heterocycles. The zero-order chi connectivity index (χ0) is 43.2. The second-order valence-corrected chi connectivity index (χ2v) is 17.7. The van der Waals surface area contributed by atoms with E-state index in [1.165, 1.54) is 29.9 Å². The molecule has 6 atom stereocenters. The largest absolute Gasteiger partial charge is 0.464 e. The van der Waals surface area contributed by atoms with E-state index < -0.39 is 62.2 Å². The second kappa shape index (κ2) is 18.4. The minimum Gasteiger partial charge on any atom is -0.464 e. The van der Waals surface area contributed by atoms with Gasteiger partial charge in [0, 0.05) is 13.8 Å². The molecule has 3 N–H and O–H groups in total. The van der Waals surface area contributed by atoms with Gasteiger partial charge in [0.25, 0.3) is 0 Å². The molecule has 60 heavy (non-hydrogen) atoms. The molecule has 2 aromatic heterocycles. The topological polar surface area (TPSA) is 225 Å². The predicted octanol–water partition coefficient (Wildman–Crippen LogP) is 6.69. The highest BCUT2D eigenvalue weighted by molar-refractivity contribution is 7.52. The molecule has 17 nitrogen and oxygen atoms in total. The Morgan fingerprint density at radius 1 is 1.00 bits per heavy atom. The molecular weight excluding hydrogens is 795 g/mol. The zero-order valence-electron chi connectivity index (χ0n) is 34.5. The molecular formula is C42H51N6O11P. The van der Waals surface area contributed by atoms with Crippen molar-refractivity contribution < 1.29 is 51.7 Å². The van der Waals surface area contributed by atoms with Crippen LogP contribution < -0.4 is 20.1 Å². The summed E-state index contributed by atoms with van der Waals surface area (Å²) < 4.78 is 58.0. The molecule has 1 aliphatic carbocycles. The van der Waals surface area contributed by atoms with Crippen LogP contribution in [0.15, 0.2) is 67.0 Å². The van der Waals surface area contributed by atoms with Crippen LogP contribution in [0.4, 0.5) is 5.82 Å². The van der Waals surface area contributed by atoms with Crippen LogP contribution in [0.25, 0.3) is 5.52 Å². The third-order valence-corrected chi connectivity index (χ3v) is 12.0. The van der Waals surface area contributed by atoms with Crippen LogP contribution in [-0.2, 0) is 53.4 Å². The van der Waals surface area contributed by atoms with Gasteiger partial charge in [-0.3, -0.25) is 18.9 Å². The Hall–Kier alpha value is -5.53. The van der Waals surface area contributed by atoms with Crippen molar-refractivity contribution in [3.05, 3.63) is 78.2 Å². The quantitative estimate of drug-likeness (QED) is 0.0722. The van der Waals surface area contributed by atoms with E-state index >= 15 is 4.57 Å². The van der Waals surface area contributed by atoms with Crippen molar-refractivity contribution in [2.24, 2.45) is 5.92 Å². The number of fused-ring (bicyclic) bond motifs is 1. The first kappa shape index (κ1) is 44.0. The number of nitrogens with one attached hydrogen (secondary N) is 1. The number of hydrogen-bond donors (Lipinski definition) is 2. The number of esters is 3. The van der Waals surface area contributed by atoms with Crippen LogP contribution in [0.2, 0.25) is 0 Å². The number of aromatic nitrogens is 3. The van der Waals surface area contributed by atoms with Crippen molar-refractivity contribution >= 4 is 37.0 Å². The Morgan fingerprint density at radius 2 is 1.68 bits per heavy atom. The van der Waals surface area contributed by atoms with Gasteiger partial charge in [0.1, 0.15) is 35.8 Å². The molecule has 2 aliphatic rings. The van der Waals surface area contributed by atoms with Crippen molar-refractivity contribution in [3.63, 3.8) is 0 Å². The monoisotopic (exact) mass is 846 g/mol. The average Bonchev–Trinajstić information content (AvgIpc) is 3.77. The maximum Gasteiger partial charge on any atom is 0.459 e. The van der Waals surface area contributed by atoms with E-state index in [4.69, 9.17) is 38.5 Å². The number of nitriles is 1. The number of nitrogen functional groups attached to an aromatic ring is 1. The molecule has 18 heteroatoms. The summed E-state index contributed by atoms with van der Waals surface area (Å²) in [6.45, 7) is 9.51. The summed E-state index contributed by atoms with van der Waals surface area (Å²) in [5, 5.41) is 17.8. The van der Waals surface area contributed by atoms with Gasteiger partial charge < -0.3 is 33.9 Å². The molecule has 0 radical (unpaired) electrons. The summed E-state index contributed by atoms with van der Waals surface area (Å²) in [6.07, 6.45) is 1.79. The third kappa shape index (κ3) is 10.1. The van der Waals surface area contributed by atoms with E-state index in [1.54, 1.807) is 36.4 Å². The average molecular weight is 847 g/mol. The summed E-state index contributed by atoms with van der Waals surface area (Å²) in [4.78, 5) is 42.5. The van der Waals surface area contributed by atoms with E-state index in [1.807, 2.05) is 12.1 Å². The van der Waals surface area contributed by atoms with Gasteiger partial charge in [-0.1, -0.05) is 64.3 Å². The van der Waals surface area contributed by atoms with E-state index in [2.05, 4.69) is 42.0 Å². The van der Waals surface area contributed by atoms with Crippen LogP contribution in [0.3, 0.4) is 0 Å². The van der Waals surface area contributed by atoms with Gasteiger partial charge in [0.2, 0.25) is 5.60 Å². The fourth-order valence-electron chi connectivity index (χ4n) is 7.29. The molecule has 0 amide bonds. The zero-order valence-corrected chi connectivity index (χ0v) is 35.4. The summed E-state index contributed by atoms with van der Waals surface area (Å²) in [7, 11) is -4.67. The van der Waals surface area contributed by atoms with Crippen LogP contribution in [0.5, 0.6) is 17.2 Å². The summed E-state index contributed by atoms with van der Waals surface area (Å²) in [5.74, 6) is -1.37. The predicted molar refractivity (Wildman–Crippen MR) is 217 cm³/mol. The van der Waals surface area contributed by atoms with Crippen molar-refractivity contribution in [2.45, 2.75) is 109 Å². The van der Waals surface area contributed by atoms with Crippen molar-refractivity contribution in [1.82, 2.24) is 19.7 Å². The smallest absolute Gasteiger partial charge is 0.459 e. The van der Waals surface area contributed by atoms with Gasteiger partial charge in [-0.05, 0) is 73.1 Å².